The average molecular weight is 260 g/mol. The smallest absolute Gasteiger partial charge is 0.127 e. The molecule has 0 aromatic rings. The number of hydrogen-bond acceptors (Lipinski definition) is 0. The number of rotatable bonds is 0. The van der Waals surface area contributed by atoms with E-state index in [9.17, 15) is 0 Å². The Hall–Kier alpha value is -0.160. The van der Waals surface area contributed by atoms with Gasteiger partial charge < -0.3 is 19.6 Å². The molecule has 4 atom stereocenters. The van der Waals surface area contributed by atoms with Gasteiger partial charge in [0.25, 0.3) is 0 Å². The lowest BCUT2D eigenvalue weighted by atomic mass is 10.3. The lowest BCUT2D eigenvalue weighted by Crippen LogP contribution is -3.20. The highest BCUT2D eigenvalue weighted by atomic mass is 15.2. The van der Waals surface area contributed by atoms with Gasteiger partial charge in [0.05, 0.1) is 54.4 Å². The van der Waals surface area contributed by atoms with Crippen molar-refractivity contribution in [3.8, 4) is 0 Å². The molecular weight excluding hydrogens is 224 g/mol. The highest BCUT2D eigenvalue weighted by molar-refractivity contribution is 4.35. The molecule has 1 rings (SSSR count). The van der Waals surface area contributed by atoms with E-state index in [4.69, 9.17) is 0 Å². The minimum absolute atomic E-state index is 1.33. The van der Waals surface area contributed by atoms with E-state index < -0.39 is 0 Å². The first-order valence-corrected chi connectivity index (χ1v) is 7.83. The summed E-state index contributed by atoms with van der Waals surface area (Å²) in [5.74, 6) is 0. The quantitative estimate of drug-likeness (QED) is 0.334. The Morgan fingerprint density at radius 2 is 0.611 bits per heavy atom. The Morgan fingerprint density at radius 1 is 0.389 bits per heavy atom. The highest BCUT2D eigenvalue weighted by Crippen LogP contribution is 1.66. The summed E-state index contributed by atoms with van der Waals surface area (Å²) < 4.78 is 0. The first-order valence-electron chi connectivity index (χ1n) is 7.83. The van der Waals surface area contributed by atoms with E-state index in [1.165, 1.54) is 65.2 Å². The van der Waals surface area contributed by atoms with E-state index in [2.05, 4.69) is 28.2 Å². The van der Waals surface area contributed by atoms with Crippen molar-refractivity contribution in [1.29, 1.82) is 0 Å². The Bertz CT molecular complexity index is 168. The summed E-state index contributed by atoms with van der Waals surface area (Å²) in [5, 5.41) is 0. The maximum absolute atomic E-state index is 2.35. The summed E-state index contributed by atoms with van der Waals surface area (Å²) in [5.41, 5.74) is 0. The lowest BCUT2D eigenvalue weighted by Gasteiger charge is -2.22. The van der Waals surface area contributed by atoms with Crippen LogP contribution in [0.15, 0.2) is 0 Å². The van der Waals surface area contributed by atoms with Gasteiger partial charge in [-0.05, 0) is 0 Å². The van der Waals surface area contributed by atoms with Crippen LogP contribution in [-0.4, -0.2) is 80.5 Å². The minimum atomic E-state index is 1.33. The monoisotopic (exact) mass is 260 g/mol. The van der Waals surface area contributed by atoms with Crippen molar-refractivity contribution in [2.75, 3.05) is 80.5 Å². The van der Waals surface area contributed by atoms with E-state index in [1.54, 1.807) is 19.6 Å². The molecule has 1 aliphatic heterocycles. The number of nitrogens with one attached hydrogen (secondary N) is 4. The van der Waals surface area contributed by atoms with Crippen LogP contribution in [0, 0.1) is 0 Å². The van der Waals surface area contributed by atoms with Crippen LogP contribution in [0.2, 0.25) is 0 Å². The number of quaternary nitrogens is 4. The minimum Gasteiger partial charge on any atom is -0.333 e. The first-order chi connectivity index (χ1) is 8.58. The van der Waals surface area contributed by atoms with Crippen molar-refractivity contribution in [2.24, 2.45) is 0 Å². The first kappa shape index (κ1) is 15.9. The maximum Gasteiger partial charge on any atom is 0.127 e. The summed E-state index contributed by atoms with van der Waals surface area (Å²) in [6.45, 7) is 10.7. The fourth-order valence-corrected chi connectivity index (χ4v) is 2.74. The summed E-state index contributed by atoms with van der Waals surface area (Å²) in [6.07, 6.45) is 2.74. The van der Waals surface area contributed by atoms with Crippen LogP contribution in [0.1, 0.15) is 12.8 Å². The molecule has 0 spiro atoms. The van der Waals surface area contributed by atoms with Crippen LogP contribution in [-0.2, 0) is 0 Å². The SMILES string of the molecule is C[NH+]1CCC[NH+](C)CC[NH+](C)CCC[NH+](C)CC1. The Morgan fingerprint density at radius 3 is 0.833 bits per heavy atom. The molecule has 0 radical (unpaired) electrons. The molecule has 4 unspecified atom stereocenters. The highest BCUT2D eigenvalue weighted by Gasteiger charge is 2.13. The zero-order chi connectivity index (χ0) is 13.4. The van der Waals surface area contributed by atoms with Crippen molar-refractivity contribution >= 4 is 0 Å². The van der Waals surface area contributed by atoms with Crippen LogP contribution in [0.5, 0.6) is 0 Å². The van der Waals surface area contributed by atoms with E-state index in [0.29, 0.717) is 0 Å². The Balaban J connectivity index is 2.36. The normalized spacial score (nSPS) is 38.0. The molecule has 4 heteroatoms. The molecule has 0 saturated carbocycles. The molecular formula is C14H36N4+4. The average Bonchev–Trinajstić information content (AvgIpc) is 2.33. The topological polar surface area (TPSA) is 17.8 Å². The van der Waals surface area contributed by atoms with Crippen molar-refractivity contribution < 1.29 is 19.6 Å². The van der Waals surface area contributed by atoms with Gasteiger partial charge in [-0.25, -0.2) is 0 Å². The van der Waals surface area contributed by atoms with E-state index in [0.717, 1.165) is 0 Å². The van der Waals surface area contributed by atoms with Crippen LogP contribution in [0.3, 0.4) is 0 Å². The van der Waals surface area contributed by atoms with Gasteiger partial charge in [0.2, 0.25) is 0 Å². The molecule has 0 aromatic carbocycles. The largest absolute Gasteiger partial charge is 0.333 e. The second-order valence-corrected chi connectivity index (χ2v) is 6.54. The lowest BCUT2D eigenvalue weighted by molar-refractivity contribution is -0.957. The summed E-state index contributed by atoms with van der Waals surface area (Å²) in [6, 6.07) is 0. The molecule has 4 nitrogen and oxygen atoms in total. The molecule has 18 heavy (non-hydrogen) atoms. The fraction of sp³-hybridized carbons (Fsp3) is 1.00. The van der Waals surface area contributed by atoms with Crippen molar-refractivity contribution in [3.63, 3.8) is 0 Å². The molecule has 1 saturated heterocycles. The third-order valence-corrected chi connectivity index (χ3v) is 4.37. The maximum atomic E-state index is 2.35. The second-order valence-electron chi connectivity index (χ2n) is 6.54. The molecule has 1 aliphatic rings. The van der Waals surface area contributed by atoms with Crippen LogP contribution >= 0.6 is 0 Å². The third kappa shape index (κ3) is 7.31. The molecule has 108 valence electrons. The Kier molecular flexibility index (Phi) is 7.82. The molecule has 0 aliphatic carbocycles. The van der Waals surface area contributed by atoms with E-state index >= 15 is 0 Å². The third-order valence-electron chi connectivity index (χ3n) is 4.37. The number of hydrogen-bond donors (Lipinski definition) is 4. The molecule has 1 fully saturated rings. The van der Waals surface area contributed by atoms with Crippen molar-refractivity contribution in [2.45, 2.75) is 12.8 Å². The standard InChI is InChI=1S/C14H32N4/c1-15-7-5-8-17(3)13-14-18(4)10-6-9-16(2)12-11-15/h5-14H2,1-4H3/p+4. The van der Waals surface area contributed by atoms with Gasteiger partial charge in [-0.15, -0.1) is 0 Å². The van der Waals surface area contributed by atoms with Crippen LogP contribution < -0.4 is 19.6 Å². The van der Waals surface area contributed by atoms with Crippen molar-refractivity contribution in [1.82, 2.24) is 0 Å². The summed E-state index contributed by atoms with van der Waals surface area (Å²) in [4.78, 5) is 6.84. The van der Waals surface area contributed by atoms with Gasteiger partial charge >= 0.3 is 0 Å². The van der Waals surface area contributed by atoms with Gasteiger partial charge in [-0.1, -0.05) is 0 Å². The number of likely N-dealkylation sites (N-methyl/N-ethyl adjacent to an activating group) is 4. The predicted octanol–water partition coefficient (Wildman–Crippen LogP) is -5.16. The predicted molar refractivity (Wildman–Crippen MR) is 75.7 cm³/mol. The molecule has 0 amide bonds. The molecule has 0 bridgehead atoms. The van der Waals surface area contributed by atoms with Crippen molar-refractivity contribution in [3.05, 3.63) is 0 Å². The molecule has 1 heterocycles. The van der Waals surface area contributed by atoms with E-state index in [-0.39, 0.29) is 0 Å². The van der Waals surface area contributed by atoms with E-state index in [1.807, 2.05) is 0 Å². The second kappa shape index (κ2) is 8.86. The zero-order valence-electron chi connectivity index (χ0n) is 13.1. The van der Waals surface area contributed by atoms with Gasteiger partial charge in [0.1, 0.15) is 26.2 Å². The fourth-order valence-electron chi connectivity index (χ4n) is 2.74. The molecule has 0 aromatic heterocycles. The van der Waals surface area contributed by atoms with Crippen LogP contribution in [0.25, 0.3) is 0 Å². The van der Waals surface area contributed by atoms with Gasteiger partial charge in [-0.3, -0.25) is 0 Å². The molecule has 4 N–H and O–H groups in total. The van der Waals surface area contributed by atoms with Gasteiger partial charge in [0.15, 0.2) is 0 Å². The van der Waals surface area contributed by atoms with Gasteiger partial charge in [0, 0.05) is 12.8 Å². The zero-order valence-corrected chi connectivity index (χ0v) is 13.1. The summed E-state index contributed by atoms with van der Waals surface area (Å²) >= 11 is 0. The summed E-state index contributed by atoms with van der Waals surface area (Å²) in [7, 11) is 9.41. The van der Waals surface area contributed by atoms with Crippen LogP contribution in [0.4, 0.5) is 0 Å². The van der Waals surface area contributed by atoms with Gasteiger partial charge in [-0.2, -0.15) is 0 Å². The Labute approximate surface area is 114 Å².